The number of aromatic nitrogens is 4. The zero-order valence-corrected chi connectivity index (χ0v) is 29.2. The number of hydrogen-bond acceptors (Lipinski definition) is 11. The molecule has 2 heterocycles. The summed E-state index contributed by atoms with van der Waals surface area (Å²) >= 11 is 0. The van der Waals surface area contributed by atoms with Crippen LogP contribution in [0.2, 0.25) is 0 Å². The third-order valence-corrected chi connectivity index (χ3v) is 8.73. The van der Waals surface area contributed by atoms with Gasteiger partial charge < -0.3 is 20.6 Å². The van der Waals surface area contributed by atoms with Crippen molar-refractivity contribution < 1.29 is 31.2 Å². The minimum atomic E-state index is -4.20. The molecule has 4 rings (SSSR count). The molecule has 2 aromatic heterocycles. The minimum Gasteiger partial charge on any atom is -0.352 e. The Bertz CT molecular complexity index is 2480. The Balaban J connectivity index is 0.000000267. The fourth-order valence-corrected chi connectivity index (χ4v) is 6.34. The van der Waals surface area contributed by atoms with E-state index in [0.717, 1.165) is 18.7 Å². The van der Waals surface area contributed by atoms with Crippen molar-refractivity contribution >= 4 is 59.4 Å². The standard InChI is InChI=1S/C15H18N4O6S.C14H17N3O5S/c1-8-5-13-12(6-11(8)7-16-9(2)20)14(22)18(15(23)17-13)19(10(3)21)26(4,24)25;1-8-4-12-11(5-10(8)6-15-9(2)18)13(19)17(14(20)16-12)7-23(3,21)22/h5-6H,7H2,1-4H3,(H,16,20)(H,17,23);4-5H,6-7H2,1-3H3,(H,15,18)(H,16,20). The number of carbonyl (C=O) groups excluding carboxylic acids is 3. The number of aryl methyl sites for hydroxylation is 2. The number of carbonyl (C=O) groups is 3. The number of hydrogen-bond donors (Lipinski definition) is 4. The monoisotopic (exact) mass is 721 g/mol. The van der Waals surface area contributed by atoms with E-state index in [4.69, 9.17) is 0 Å². The van der Waals surface area contributed by atoms with Gasteiger partial charge in [0.15, 0.2) is 9.84 Å². The Morgan fingerprint density at radius 2 is 1.14 bits per heavy atom. The normalized spacial score (nSPS) is 11.5. The molecule has 0 radical (unpaired) electrons. The quantitative estimate of drug-likeness (QED) is 0.167. The molecule has 0 unspecified atom stereocenters. The molecule has 2 aromatic carbocycles. The SMILES string of the molecule is CC(=O)NCc1cc2c(=O)n(CS(C)(=O)=O)c(=O)[nH]c2cc1C.CC(=O)NCc1cc2c(=O)n(N(C(C)=O)S(C)(=O)=O)c(=O)[nH]c2cc1C. The Hall–Kier alpha value is -5.37. The molecule has 0 aliphatic rings. The maximum atomic E-state index is 12.7. The van der Waals surface area contributed by atoms with E-state index in [2.05, 4.69) is 20.6 Å². The molecular formula is C29H35N7O11S2. The summed E-state index contributed by atoms with van der Waals surface area (Å²) in [5.74, 6) is -2.17. The highest BCUT2D eigenvalue weighted by molar-refractivity contribution is 7.92. The van der Waals surface area contributed by atoms with Crippen LogP contribution in [0.1, 0.15) is 43.0 Å². The molecule has 0 aliphatic carbocycles. The average molecular weight is 722 g/mol. The van der Waals surface area contributed by atoms with Crippen molar-refractivity contribution in [1.82, 2.24) is 29.8 Å². The lowest BCUT2D eigenvalue weighted by Gasteiger charge is -2.19. The van der Waals surface area contributed by atoms with Crippen LogP contribution in [-0.4, -0.2) is 66.3 Å². The molecule has 264 valence electrons. The van der Waals surface area contributed by atoms with E-state index >= 15 is 0 Å². The number of sulfonamides is 1. The van der Waals surface area contributed by atoms with Crippen molar-refractivity contribution in [2.24, 2.45) is 0 Å². The van der Waals surface area contributed by atoms with E-state index in [1.54, 1.807) is 26.0 Å². The highest BCUT2D eigenvalue weighted by Crippen LogP contribution is 2.16. The first-order valence-electron chi connectivity index (χ1n) is 14.2. The number of aromatic amines is 2. The summed E-state index contributed by atoms with van der Waals surface area (Å²) in [4.78, 5) is 88.1. The van der Waals surface area contributed by atoms with Crippen LogP contribution in [0, 0.1) is 13.8 Å². The van der Waals surface area contributed by atoms with Gasteiger partial charge in [0.25, 0.3) is 27.0 Å². The molecular weight excluding hydrogens is 686 g/mol. The van der Waals surface area contributed by atoms with E-state index in [1.165, 1.54) is 26.0 Å². The third kappa shape index (κ3) is 9.16. The highest BCUT2D eigenvalue weighted by atomic mass is 32.2. The molecule has 18 nitrogen and oxygen atoms in total. The van der Waals surface area contributed by atoms with Gasteiger partial charge >= 0.3 is 11.4 Å². The Kier molecular flexibility index (Phi) is 11.2. The largest absolute Gasteiger partial charge is 0.352 e. The summed E-state index contributed by atoms with van der Waals surface area (Å²) in [5, 5.41) is 5.43. The van der Waals surface area contributed by atoms with Crippen molar-refractivity contribution in [3.05, 3.63) is 88.2 Å². The maximum absolute atomic E-state index is 12.7. The molecule has 0 bridgehead atoms. The van der Waals surface area contributed by atoms with Gasteiger partial charge in [-0.15, -0.1) is 9.09 Å². The summed E-state index contributed by atoms with van der Waals surface area (Å²) < 4.78 is 47.5. The molecule has 3 amide bonds. The molecule has 20 heteroatoms. The summed E-state index contributed by atoms with van der Waals surface area (Å²) in [6.07, 6.45) is 1.66. The van der Waals surface area contributed by atoms with E-state index < -0.39 is 54.1 Å². The molecule has 0 atom stereocenters. The van der Waals surface area contributed by atoms with E-state index in [-0.39, 0.29) is 50.3 Å². The summed E-state index contributed by atoms with van der Waals surface area (Å²) in [6.45, 7) is 7.56. The zero-order chi connectivity index (χ0) is 37.2. The number of sulfone groups is 1. The van der Waals surface area contributed by atoms with E-state index in [0.29, 0.717) is 33.0 Å². The van der Waals surface area contributed by atoms with Crippen LogP contribution < -0.4 is 37.5 Å². The Morgan fingerprint density at radius 3 is 1.53 bits per heavy atom. The summed E-state index contributed by atoms with van der Waals surface area (Å²) in [7, 11) is -7.75. The average Bonchev–Trinajstić information content (AvgIpc) is 2.94. The van der Waals surface area contributed by atoms with Crippen LogP contribution in [0.4, 0.5) is 0 Å². The lowest BCUT2D eigenvalue weighted by atomic mass is 10.1. The predicted octanol–water partition coefficient (Wildman–Crippen LogP) is -1.29. The number of amides is 3. The number of rotatable bonds is 8. The number of fused-ring (bicyclic) bond motifs is 2. The molecule has 0 saturated carbocycles. The number of H-pyrrole nitrogens is 2. The van der Waals surface area contributed by atoms with Gasteiger partial charge in [0.2, 0.25) is 11.8 Å². The van der Waals surface area contributed by atoms with Crippen LogP contribution in [0.25, 0.3) is 21.8 Å². The second kappa shape index (κ2) is 14.4. The van der Waals surface area contributed by atoms with Crippen LogP contribution in [-0.2, 0) is 53.2 Å². The number of nitrogens with zero attached hydrogens (tertiary/aromatic N) is 3. The van der Waals surface area contributed by atoms with E-state index in [1.807, 2.05) is 0 Å². The molecule has 0 fully saturated rings. The van der Waals surface area contributed by atoms with Gasteiger partial charge in [-0.25, -0.2) is 31.0 Å². The molecule has 0 spiro atoms. The number of benzene rings is 2. The molecule has 49 heavy (non-hydrogen) atoms. The maximum Gasteiger partial charge on any atom is 0.349 e. The second-order valence-electron chi connectivity index (χ2n) is 11.3. The van der Waals surface area contributed by atoms with Gasteiger partial charge in [-0.3, -0.25) is 24.0 Å². The van der Waals surface area contributed by atoms with Gasteiger partial charge in [0.05, 0.1) is 28.1 Å². The first kappa shape index (κ1) is 38.1. The van der Waals surface area contributed by atoms with Crippen molar-refractivity contribution in [1.29, 1.82) is 0 Å². The summed E-state index contributed by atoms with van der Waals surface area (Å²) in [5.41, 5.74) is -0.135. The van der Waals surface area contributed by atoms with Crippen LogP contribution in [0.5, 0.6) is 0 Å². The van der Waals surface area contributed by atoms with Crippen molar-refractivity contribution in [3.8, 4) is 0 Å². The van der Waals surface area contributed by atoms with Gasteiger partial charge in [-0.05, 0) is 60.4 Å². The molecule has 4 aromatic rings. The van der Waals surface area contributed by atoms with E-state index in [9.17, 15) is 50.4 Å². The lowest BCUT2D eigenvalue weighted by molar-refractivity contribution is -0.120. The smallest absolute Gasteiger partial charge is 0.349 e. The van der Waals surface area contributed by atoms with Gasteiger partial charge in [-0.2, -0.15) is 0 Å². The highest BCUT2D eigenvalue weighted by Gasteiger charge is 2.26. The Morgan fingerprint density at radius 1 is 0.714 bits per heavy atom. The van der Waals surface area contributed by atoms with Crippen molar-refractivity contribution in [3.63, 3.8) is 0 Å². The van der Waals surface area contributed by atoms with Crippen LogP contribution in [0.3, 0.4) is 0 Å². The molecule has 0 aliphatic heterocycles. The van der Waals surface area contributed by atoms with Crippen LogP contribution in [0.15, 0.2) is 43.4 Å². The molecule has 0 saturated heterocycles. The zero-order valence-electron chi connectivity index (χ0n) is 27.6. The number of nitrogens with one attached hydrogen (secondary N) is 4. The van der Waals surface area contributed by atoms with Gasteiger partial charge in [0, 0.05) is 40.1 Å². The fraction of sp³-hybridized carbons (Fsp3) is 0.345. The minimum absolute atomic E-state index is 0.00505. The molecule has 4 N–H and O–H groups in total. The first-order chi connectivity index (χ1) is 22.5. The third-order valence-electron chi connectivity index (χ3n) is 6.96. The Labute approximate surface area is 278 Å². The summed E-state index contributed by atoms with van der Waals surface area (Å²) in [6, 6.07) is 6.16. The predicted molar refractivity (Wildman–Crippen MR) is 181 cm³/mol. The second-order valence-corrected chi connectivity index (χ2v) is 15.2. The topological polar surface area (TPSA) is 257 Å². The lowest BCUT2D eigenvalue weighted by Crippen LogP contribution is -2.55. The van der Waals surface area contributed by atoms with Crippen molar-refractivity contribution in [2.45, 2.75) is 53.6 Å². The van der Waals surface area contributed by atoms with Gasteiger partial charge in [0.1, 0.15) is 5.88 Å². The van der Waals surface area contributed by atoms with Crippen molar-refractivity contribution in [2.75, 3.05) is 16.9 Å². The first-order valence-corrected chi connectivity index (χ1v) is 18.1. The van der Waals surface area contributed by atoms with Gasteiger partial charge in [-0.1, -0.05) is 0 Å². The fourth-order valence-electron chi connectivity index (χ4n) is 4.72. The van der Waals surface area contributed by atoms with Crippen LogP contribution >= 0.6 is 0 Å².